The number of cyclic esters (lactones) is 1. The van der Waals surface area contributed by atoms with Crippen molar-refractivity contribution in [3.05, 3.63) is 11.6 Å². The Morgan fingerprint density at radius 1 is 0.759 bits per heavy atom. The van der Waals surface area contributed by atoms with E-state index in [0.717, 1.165) is 34.6 Å². The first kappa shape index (κ1) is 43.4. The van der Waals surface area contributed by atoms with E-state index in [1.807, 2.05) is 6.92 Å². The highest BCUT2D eigenvalue weighted by Gasteiger charge is 2.79. The molecule has 18 heteroatoms. The van der Waals surface area contributed by atoms with Gasteiger partial charge in [-0.1, -0.05) is 6.92 Å². The molecule has 18 nitrogen and oxygen atoms in total. The van der Waals surface area contributed by atoms with Crippen LogP contribution in [0.4, 0.5) is 0 Å². The van der Waals surface area contributed by atoms with Crippen molar-refractivity contribution in [2.24, 2.45) is 23.2 Å². The van der Waals surface area contributed by atoms with Gasteiger partial charge in [0.25, 0.3) is 0 Å². The predicted molar refractivity (Wildman–Crippen MR) is 191 cm³/mol. The molecule has 2 aliphatic heterocycles. The molecule has 4 aliphatic carbocycles. The summed E-state index contributed by atoms with van der Waals surface area (Å²) >= 11 is 0. The second-order valence-corrected chi connectivity index (χ2v) is 16.9. The van der Waals surface area contributed by atoms with Crippen LogP contribution < -0.4 is 0 Å². The van der Waals surface area contributed by atoms with Gasteiger partial charge in [-0.2, -0.15) is 0 Å². The summed E-state index contributed by atoms with van der Waals surface area (Å²) in [5.41, 5.74) is -5.93. The van der Waals surface area contributed by atoms with E-state index in [1.54, 1.807) is 0 Å². The minimum atomic E-state index is -2.11. The molecular weight excluding hydrogens is 768 g/mol. The van der Waals surface area contributed by atoms with Gasteiger partial charge in [-0.25, -0.2) is 4.79 Å². The summed E-state index contributed by atoms with van der Waals surface area (Å²) in [5, 5.41) is 26.1. The number of esters is 7. The summed E-state index contributed by atoms with van der Waals surface area (Å²) in [6.45, 7) is 10.4. The second-order valence-electron chi connectivity index (χ2n) is 16.9. The number of carbonyl (C=O) groups excluding carboxylic acids is 7. The van der Waals surface area contributed by atoms with Crippen LogP contribution in [0.5, 0.6) is 0 Å². The van der Waals surface area contributed by atoms with Crippen molar-refractivity contribution in [3.8, 4) is 0 Å². The Kier molecular flexibility index (Phi) is 11.8. The molecule has 58 heavy (non-hydrogen) atoms. The van der Waals surface area contributed by atoms with Gasteiger partial charge in [-0.05, 0) is 56.4 Å². The summed E-state index contributed by atoms with van der Waals surface area (Å²) in [5.74, 6) is -7.34. The lowest BCUT2D eigenvalue weighted by Gasteiger charge is -2.68. The summed E-state index contributed by atoms with van der Waals surface area (Å²) < 4.78 is 52.7. The third-order valence-corrected chi connectivity index (χ3v) is 13.3. The van der Waals surface area contributed by atoms with Gasteiger partial charge in [0, 0.05) is 71.8 Å². The number of ether oxygens (including phenoxy) is 9. The Morgan fingerprint density at radius 2 is 1.36 bits per heavy atom. The first-order valence-electron chi connectivity index (χ1n) is 19.7. The number of hydrogen-bond donors (Lipinski definition) is 2. The van der Waals surface area contributed by atoms with Gasteiger partial charge < -0.3 is 52.8 Å². The molecule has 0 radical (unpaired) electrons. The first-order valence-corrected chi connectivity index (χ1v) is 19.7. The maximum atomic E-state index is 13.3. The number of aliphatic hydroxyl groups is 2. The molecule has 2 heterocycles. The molecule has 0 aromatic rings. The van der Waals surface area contributed by atoms with Crippen LogP contribution in [0.1, 0.15) is 100 Å². The van der Waals surface area contributed by atoms with Crippen molar-refractivity contribution in [2.45, 2.75) is 166 Å². The molecule has 0 bridgehead atoms. The summed E-state index contributed by atoms with van der Waals surface area (Å²) in [4.78, 5) is 88.1. The van der Waals surface area contributed by atoms with E-state index in [2.05, 4.69) is 0 Å². The molecule has 0 aromatic carbocycles. The van der Waals surface area contributed by atoms with E-state index < -0.39 is 125 Å². The molecule has 5 fully saturated rings. The summed E-state index contributed by atoms with van der Waals surface area (Å²) in [6, 6.07) is 0. The van der Waals surface area contributed by atoms with Gasteiger partial charge in [0.1, 0.15) is 24.4 Å². The van der Waals surface area contributed by atoms with E-state index in [9.17, 15) is 43.8 Å². The molecule has 6 rings (SSSR count). The fraction of sp³-hybridized carbons (Fsp3) is 0.775. The van der Waals surface area contributed by atoms with Crippen LogP contribution >= 0.6 is 0 Å². The maximum absolute atomic E-state index is 13.3. The second kappa shape index (κ2) is 15.8. The van der Waals surface area contributed by atoms with Crippen LogP contribution in [0.2, 0.25) is 0 Å². The molecule has 4 saturated carbocycles. The fourth-order valence-corrected chi connectivity index (χ4v) is 11.5. The van der Waals surface area contributed by atoms with Gasteiger partial charge in [0.2, 0.25) is 0 Å². The molecule has 6 aliphatic rings. The molecular formula is C40H54O18. The Labute approximate surface area is 335 Å². The zero-order valence-corrected chi connectivity index (χ0v) is 34.0. The van der Waals surface area contributed by atoms with Crippen LogP contribution in [-0.4, -0.2) is 124 Å². The molecule has 0 aromatic heterocycles. The Hall–Kier alpha value is -4.13. The highest BCUT2D eigenvalue weighted by Crippen LogP contribution is 2.70. The SMILES string of the molecule is CC(=O)O[C@@H]1[C@@H](OC(C)=O)[C@H](C)O[C@@H](O[C@H]2C[C@@H](OC(C)=O)[C@]3(OC(C)=O)C4C(CC[C@]3(O)C2)[C@@]2(O)CC[C@H](C3=CC(=O)OC3)[C@@]2(C)C[C@H]4OC(C)=O)[C@@H]1OC(C)=O. The number of fused-ring (bicyclic) bond motifs is 5. The van der Waals surface area contributed by atoms with Gasteiger partial charge >= 0.3 is 41.8 Å². The predicted octanol–water partition coefficient (Wildman–Crippen LogP) is 1.66. The van der Waals surface area contributed by atoms with Crippen molar-refractivity contribution in [1.29, 1.82) is 0 Å². The average molecular weight is 823 g/mol. The Bertz CT molecular complexity index is 1740. The third-order valence-electron chi connectivity index (χ3n) is 13.3. The first-order chi connectivity index (χ1) is 27.0. The highest BCUT2D eigenvalue weighted by atomic mass is 16.7. The number of rotatable bonds is 9. The van der Waals surface area contributed by atoms with Gasteiger partial charge in [-0.15, -0.1) is 0 Å². The van der Waals surface area contributed by atoms with Crippen LogP contribution in [-0.2, 0) is 76.2 Å². The monoisotopic (exact) mass is 822 g/mol. The third kappa shape index (κ3) is 7.49. The quantitative estimate of drug-likeness (QED) is 0.191. The summed E-state index contributed by atoms with van der Waals surface area (Å²) in [6.07, 6.45) is -8.49. The van der Waals surface area contributed by atoms with Crippen molar-refractivity contribution in [1.82, 2.24) is 0 Å². The van der Waals surface area contributed by atoms with Gasteiger partial charge in [-0.3, -0.25) is 28.8 Å². The van der Waals surface area contributed by atoms with E-state index >= 15 is 0 Å². The minimum absolute atomic E-state index is 0.0329. The van der Waals surface area contributed by atoms with Gasteiger partial charge in [0.05, 0.1) is 17.8 Å². The largest absolute Gasteiger partial charge is 0.462 e. The summed E-state index contributed by atoms with van der Waals surface area (Å²) in [7, 11) is 0. The van der Waals surface area contributed by atoms with E-state index in [4.69, 9.17) is 42.6 Å². The molecule has 0 spiro atoms. The topological polar surface area (TPSA) is 243 Å². The van der Waals surface area contributed by atoms with Crippen molar-refractivity contribution in [2.75, 3.05) is 6.61 Å². The maximum Gasteiger partial charge on any atom is 0.331 e. The van der Waals surface area contributed by atoms with Crippen LogP contribution in [0.25, 0.3) is 0 Å². The average Bonchev–Trinajstić information content (AvgIpc) is 3.63. The molecule has 0 amide bonds. The van der Waals surface area contributed by atoms with Crippen molar-refractivity contribution in [3.63, 3.8) is 0 Å². The fourth-order valence-electron chi connectivity index (χ4n) is 11.5. The molecule has 15 atom stereocenters. The van der Waals surface area contributed by atoms with Crippen LogP contribution in [0.3, 0.4) is 0 Å². The standard InChI is InChI=1S/C40H54O18/c1-18-33(54-21(4)43)34(55-22(5)44)35(56-23(6)45)36(51-18)57-26-14-30(53-20(3)42)40(58-24(7)46)32-28(9-11-38(40,48)15-26)39(49)12-10-27(25-13-31(47)50-17-25)37(39,8)16-29(32)52-19(2)41/h13,18,26-30,32-36,48-49H,9-12,14-17H2,1-8H3/t18-,26-,27+,28?,29+,30+,32?,33-,34+,35+,36-,37+,38-,39-,40-/m0/s1. The number of carbonyl (C=O) groups is 7. The van der Waals surface area contributed by atoms with E-state index in [0.29, 0.717) is 12.0 Å². The zero-order valence-electron chi connectivity index (χ0n) is 34.0. The van der Waals surface area contributed by atoms with E-state index in [1.165, 1.54) is 19.9 Å². The van der Waals surface area contributed by atoms with Crippen LogP contribution in [0.15, 0.2) is 11.6 Å². The zero-order chi connectivity index (χ0) is 42.7. The Balaban J connectivity index is 1.42. The molecule has 1 saturated heterocycles. The van der Waals surface area contributed by atoms with Crippen molar-refractivity contribution < 1.29 is 86.4 Å². The lowest BCUT2D eigenvalue weighted by molar-refractivity contribution is -0.355. The molecule has 2 unspecified atom stereocenters. The molecule has 322 valence electrons. The van der Waals surface area contributed by atoms with E-state index in [-0.39, 0.29) is 51.0 Å². The van der Waals surface area contributed by atoms with Gasteiger partial charge in [0.15, 0.2) is 30.2 Å². The smallest absolute Gasteiger partial charge is 0.331 e. The Morgan fingerprint density at radius 3 is 1.93 bits per heavy atom. The normalized spacial score (nSPS) is 42.9. The minimum Gasteiger partial charge on any atom is -0.462 e. The highest BCUT2D eigenvalue weighted by molar-refractivity contribution is 5.85. The lowest BCUT2D eigenvalue weighted by Crippen LogP contribution is -2.80. The molecule has 2 N–H and O–H groups in total. The van der Waals surface area contributed by atoms with Crippen LogP contribution in [0, 0.1) is 23.2 Å². The lowest BCUT2D eigenvalue weighted by atomic mass is 9.43. The number of hydrogen-bond acceptors (Lipinski definition) is 18. The van der Waals surface area contributed by atoms with Crippen molar-refractivity contribution >= 4 is 41.8 Å².